The summed E-state index contributed by atoms with van der Waals surface area (Å²) in [5.74, 6) is 0.278. The highest BCUT2D eigenvalue weighted by Crippen LogP contribution is 2.26. The average Bonchev–Trinajstić information content (AvgIpc) is 2.82. The number of nitrogens with one attached hydrogen (secondary N) is 1. The van der Waals surface area contributed by atoms with Crippen molar-refractivity contribution in [1.82, 2.24) is 5.32 Å². The lowest BCUT2D eigenvalue weighted by Gasteiger charge is -2.11. The van der Waals surface area contributed by atoms with Gasteiger partial charge < -0.3 is 19.0 Å². The molecule has 0 spiro atoms. The number of rotatable bonds is 12. The largest absolute Gasteiger partial charge is 0.507 e. The first-order chi connectivity index (χ1) is 17.1. The minimum Gasteiger partial charge on any atom is -0.507 e. The van der Waals surface area contributed by atoms with Crippen molar-refractivity contribution in [3.63, 3.8) is 0 Å². The van der Waals surface area contributed by atoms with Gasteiger partial charge in [-0.25, -0.2) is 9.59 Å². The maximum Gasteiger partial charge on any atom is 0.410 e. The second kappa shape index (κ2) is 13.9. The number of carbonyl (C=O) groups excluding carboxylic acids is 2. The summed E-state index contributed by atoms with van der Waals surface area (Å²) in [5.41, 5.74) is -0.262. The smallest absolute Gasteiger partial charge is 0.410 e. The van der Waals surface area contributed by atoms with E-state index in [1.165, 1.54) is 19.4 Å². The minimum atomic E-state index is -0.886. The first-order valence-corrected chi connectivity index (χ1v) is 11.9. The van der Waals surface area contributed by atoms with Crippen LogP contribution in [0.5, 0.6) is 11.5 Å². The maximum atomic E-state index is 13.0. The highest BCUT2D eigenvalue weighted by atomic mass is 16.5. The van der Waals surface area contributed by atoms with Crippen LogP contribution in [-0.2, 0) is 4.74 Å². The molecule has 1 aromatic carbocycles. The average molecular weight is 498 g/mol. The van der Waals surface area contributed by atoms with Crippen molar-refractivity contribution in [2.45, 2.75) is 52.9 Å². The van der Waals surface area contributed by atoms with Gasteiger partial charge in [0, 0.05) is 18.2 Å². The van der Waals surface area contributed by atoms with Crippen LogP contribution in [0.15, 0.2) is 57.4 Å². The molecule has 2 aromatic rings. The standard InChI is InChI=1S/C28H35NO7/c1-18(2)12-14-35-22-11-8-10-21(16-22)15-20(4)26(31)25-23(30)17-24(36-27(25)32)19(3)9-6-7-13-29-28(33)34-5/h7-8,10-11,13,15-19,30H,6,9,12,14H2,1-5H3,(H,29,33)/b13-7+,20-15+. The Kier molecular flexibility index (Phi) is 11.0. The van der Waals surface area contributed by atoms with E-state index < -0.39 is 28.8 Å². The molecule has 1 atom stereocenters. The van der Waals surface area contributed by atoms with Crippen LogP contribution in [0, 0.1) is 5.92 Å². The summed E-state index contributed by atoms with van der Waals surface area (Å²) in [6.07, 6.45) is 6.38. The van der Waals surface area contributed by atoms with E-state index in [1.54, 1.807) is 19.1 Å². The molecule has 0 saturated carbocycles. The molecule has 1 unspecified atom stereocenters. The summed E-state index contributed by atoms with van der Waals surface area (Å²) in [6, 6.07) is 8.64. The number of methoxy groups -OCH3 is 1. The van der Waals surface area contributed by atoms with Crippen LogP contribution in [0.3, 0.4) is 0 Å². The maximum absolute atomic E-state index is 13.0. The van der Waals surface area contributed by atoms with Crippen molar-refractivity contribution in [1.29, 1.82) is 0 Å². The number of Topliss-reactive ketones (excluding diaryl/α,β-unsaturated/α-hetero) is 1. The number of carbonyl (C=O) groups is 2. The summed E-state index contributed by atoms with van der Waals surface area (Å²) in [5, 5.41) is 12.9. The third kappa shape index (κ3) is 8.76. The molecular formula is C28H35NO7. The molecule has 0 saturated heterocycles. The minimum absolute atomic E-state index is 0.203. The highest BCUT2D eigenvalue weighted by Gasteiger charge is 2.22. The van der Waals surface area contributed by atoms with Crippen molar-refractivity contribution in [3.05, 3.63) is 75.5 Å². The van der Waals surface area contributed by atoms with Crippen LogP contribution in [-0.4, -0.2) is 30.7 Å². The van der Waals surface area contributed by atoms with E-state index in [4.69, 9.17) is 9.15 Å². The second-order valence-corrected chi connectivity index (χ2v) is 8.97. The number of aromatic hydroxyl groups is 1. The van der Waals surface area contributed by atoms with Gasteiger partial charge in [0.25, 0.3) is 0 Å². The molecule has 8 nitrogen and oxygen atoms in total. The zero-order valence-electron chi connectivity index (χ0n) is 21.5. The fourth-order valence-corrected chi connectivity index (χ4v) is 3.33. The molecule has 1 aromatic heterocycles. The van der Waals surface area contributed by atoms with Gasteiger partial charge in [0.05, 0.1) is 13.7 Å². The predicted octanol–water partition coefficient (Wildman–Crippen LogP) is 5.81. The fourth-order valence-electron chi connectivity index (χ4n) is 3.33. The summed E-state index contributed by atoms with van der Waals surface area (Å²) in [6.45, 7) is 8.27. The number of hydrogen-bond donors (Lipinski definition) is 2. The fraction of sp³-hybridized carbons (Fsp3) is 0.393. The van der Waals surface area contributed by atoms with Crippen LogP contribution < -0.4 is 15.7 Å². The number of hydrogen-bond acceptors (Lipinski definition) is 7. The Balaban J connectivity index is 2.10. The Morgan fingerprint density at radius 3 is 2.58 bits per heavy atom. The third-order valence-corrected chi connectivity index (χ3v) is 5.50. The SMILES string of the molecule is COC(=O)N/C=C/CCC(C)c1cc(O)c(C(=O)/C(C)=C/c2cccc(OCCC(C)C)c2)c(=O)o1. The van der Waals surface area contributed by atoms with Gasteiger partial charge in [0.2, 0.25) is 0 Å². The Labute approximate surface area is 211 Å². The second-order valence-electron chi connectivity index (χ2n) is 8.97. The summed E-state index contributed by atoms with van der Waals surface area (Å²) in [7, 11) is 1.27. The van der Waals surface area contributed by atoms with Gasteiger partial charge in [0.15, 0.2) is 5.78 Å². The van der Waals surface area contributed by atoms with Crippen LogP contribution >= 0.6 is 0 Å². The van der Waals surface area contributed by atoms with Crippen LogP contribution in [0.2, 0.25) is 0 Å². The molecule has 1 heterocycles. The van der Waals surface area contributed by atoms with Gasteiger partial charge in [-0.2, -0.15) is 0 Å². The van der Waals surface area contributed by atoms with Crippen molar-refractivity contribution in [2.75, 3.05) is 13.7 Å². The number of amides is 1. The zero-order chi connectivity index (χ0) is 26.7. The molecule has 0 aliphatic rings. The first-order valence-electron chi connectivity index (χ1n) is 11.9. The lowest BCUT2D eigenvalue weighted by Crippen LogP contribution is -2.17. The van der Waals surface area contributed by atoms with E-state index in [-0.39, 0.29) is 17.3 Å². The number of ether oxygens (including phenoxy) is 2. The molecule has 8 heteroatoms. The molecule has 0 fully saturated rings. The predicted molar refractivity (Wildman–Crippen MR) is 138 cm³/mol. The Bertz CT molecular complexity index is 1160. The van der Waals surface area contributed by atoms with Gasteiger partial charge in [-0.1, -0.05) is 39.0 Å². The van der Waals surface area contributed by atoms with E-state index >= 15 is 0 Å². The summed E-state index contributed by atoms with van der Waals surface area (Å²) in [4.78, 5) is 36.6. The monoisotopic (exact) mass is 497 g/mol. The normalized spacial score (nSPS) is 12.6. The first kappa shape index (κ1) is 28.4. The third-order valence-electron chi connectivity index (χ3n) is 5.50. The summed E-state index contributed by atoms with van der Waals surface area (Å²) >= 11 is 0. The van der Waals surface area contributed by atoms with Crippen molar-refractivity contribution in [2.24, 2.45) is 5.92 Å². The topological polar surface area (TPSA) is 115 Å². The molecule has 0 aliphatic heterocycles. The van der Waals surface area contributed by atoms with Gasteiger partial charge >= 0.3 is 11.7 Å². The number of ketones is 1. The highest BCUT2D eigenvalue weighted by molar-refractivity contribution is 6.12. The lowest BCUT2D eigenvalue weighted by molar-refractivity contribution is 0.102. The molecule has 1 amide bonds. The van der Waals surface area contributed by atoms with Crippen LogP contribution in [0.1, 0.15) is 74.6 Å². The van der Waals surface area contributed by atoms with Crippen molar-refractivity contribution in [3.8, 4) is 11.5 Å². The van der Waals surface area contributed by atoms with Gasteiger partial charge in [-0.3, -0.25) is 10.1 Å². The van der Waals surface area contributed by atoms with Gasteiger partial charge in [-0.15, -0.1) is 0 Å². The number of allylic oxidation sites excluding steroid dienone is 2. The summed E-state index contributed by atoms with van der Waals surface area (Å²) < 4.78 is 15.6. The number of benzene rings is 1. The Morgan fingerprint density at radius 2 is 1.92 bits per heavy atom. The van der Waals surface area contributed by atoms with Crippen LogP contribution in [0.4, 0.5) is 4.79 Å². The molecule has 2 rings (SSSR count). The lowest BCUT2D eigenvalue weighted by atomic mass is 9.99. The van der Waals surface area contributed by atoms with E-state index in [0.717, 1.165) is 12.0 Å². The van der Waals surface area contributed by atoms with Gasteiger partial charge in [0.1, 0.15) is 22.8 Å². The quantitative estimate of drug-likeness (QED) is 0.281. The Hall–Kier alpha value is -3.81. The van der Waals surface area contributed by atoms with E-state index in [1.807, 2.05) is 31.2 Å². The van der Waals surface area contributed by atoms with Gasteiger partial charge in [-0.05, 0) is 61.4 Å². The molecule has 0 radical (unpaired) electrons. The Morgan fingerprint density at radius 1 is 1.17 bits per heavy atom. The molecular weight excluding hydrogens is 462 g/mol. The number of alkyl carbamates (subject to hydrolysis) is 1. The zero-order valence-corrected chi connectivity index (χ0v) is 21.5. The van der Waals surface area contributed by atoms with Crippen molar-refractivity contribution < 1.29 is 28.6 Å². The van der Waals surface area contributed by atoms with E-state index in [9.17, 15) is 19.5 Å². The molecule has 36 heavy (non-hydrogen) atoms. The van der Waals surface area contributed by atoms with Crippen molar-refractivity contribution >= 4 is 18.0 Å². The van der Waals surface area contributed by atoms with E-state index in [0.29, 0.717) is 31.1 Å². The van der Waals surface area contributed by atoms with Crippen LogP contribution in [0.25, 0.3) is 6.08 Å². The molecule has 2 N–H and O–H groups in total. The molecule has 0 aliphatic carbocycles. The molecule has 194 valence electrons. The van der Waals surface area contributed by atoms with E-state index in [2.05, 4.69) is 23.9 Å². The molecule has 0 bridgehead atoms.